The normalized spacial score (nSPS) is 28.9. The van der Waals surface area contributed by atoms with Crippen LogP contribution in [0.4, 0.5) is 0 Å². The molecule has 0 aliphatic carbocycles. The molecule has 2 aliphatic heterocycles. The van der Waals surface area contributed by atoms with Crippen molar-refractivity contribution in [2.45, 2.75) is 58.4 Å². The summed E-state index contributed by atoms with van der Waals surface area (Å²) in [5.74, 6) is 1.37. The third kappa shape index (κ3) is 2.87. The SMILES string of the molecule is CCC(CC)C(=O)N1CCCC1C1CCCNC1. The molecule has 2 rings (SSSR count). The minimum absolute atomic E-state index is 0.252. The molecule has 0 aromatic rings. The van der Waals surface area contributed by atoms with Crippen molar-refractivity contribution in [3.63, 3.8) is 0 Å². The fourth-order valence-corrected chi connectivity index (χ4v) is 3.64. The minimum atomic E-state index is 0.252. The van der Waals surface area contributed by atoms with E-state index in [-0.39, 0.29) is 5.92 Å². The van der Waals surface area contributed by atoms with E-state index in [1.165, 1.54) is 25.7 Å². The van der Waals surface area contributed by atoms with E-state index in [0.29, 0.717) is 17.9 Å². The van der Waals surface area contributed by atoms with Gasteiger partial charge in [0.05, 0.1) is 0 Å². The van der Waals surface area contributed by atoms with Gasteiger partial charge in [-0.15, -0.1) is 0 Å². The Morgan fingerprint density at radius 3 is 2.67 bits per heavy atom. The molecule has 2 atom stereocenters. The van der Waals surface area contributed by atoms with Gasteiger partial charge in [-0.1, -0.05) is 13.8 Å². The Bertz CT molecular complexity index is 270. The summed E-state index contributed by atoms with van der Waals surface area (Å²) in [5, 5.41) is 3.49. The lowest BCUT2D eigenvalue weighted by Crippen LogP contribution is -2.47. The lowest BCUT2D eigenvalue weighted by Gasteiger charge is -2.35. The van der Waals surface area contributed by atoms with Gasteiger partial charge in [0.25, 0.3) is 0 Å². The van der Waals surface area contributed by atoms with Crippen molar-refractivity contribution < 1.29 is 4.79 Å². The van der Waals surface area contributed by atoms with Crippen LogP contribution in [-0.4, -0.2) is 36.5 Å². The highest BCUT2D eigenvalue weighted by atomic mass is 16.2. The molecule has 0 spiro atoms. The molecule has 0 bridgehead atoms. The molecule has 0 saturated carbocycles. The van der Waals surface area contributed by atoms with Crippen LogP contribution in [0, 0.1) is 11.8 Å². The number of hydrogen-bond donors (Lipinski definition) is 1. The maximum absolute atomic E-state index is 12.6. The van der Waals surface area contributed by atoms with Crippen molar-refractivity contribution in [1.29, 1.82) is 0 Å². The van der Waals surface area contributed by atoms with Gasteiger partial charge in [-0.05, 0) is 57.5 Å². The Morgan fingerprint density at radius 2 is 2.06 bits per heavy atom. The first-order chi connectivity index (χ1) is 8.77. The third-order valence-electron chi connectivity index (χ3n) is 4.80. The predicted molar refractivity (Wildman–Crippen MR) is 74.4 cm³/mol. The van der Waals surface area contributed by atoms with Crippen molar-refractivity contribution in [3.8, 4) is 0 Å². The van der Waals surface area contributed by atoms with Gasteiger partial charge in [0.1, 0.15) is 0 Å². The number of carbonyl (C=O) groups excluding carboxylic acids is 1. The van der Waals surface area contributed by atoms with E-state index in [1.54, 1.807) is 0 Å². The highest BCUT2D eigenvalue weighted by Gasteiger charge is 2.36. The standard InChI is InChI=1S/C15H28N2O/c1-3-12(4-2)15(18)17-10-6-8-14(17)13-7-5-9-16-11-13/h12-14,16H,3-11H2,1-2H3. The zero-order valence-electron chi connectivity index (χ0n) is 12.0. The first-order valence-corrected chi connectivity index (χ1v) is 7.79. The van der Waals surface area contributed by atoms with Gasteiger partial charge in [-0.3, -0.25) is 4.79 Å². The molecule has 104 valence electrons. The predicted octanol–water partition coefficient (Wildman–Crippen LogP) is 2.41. The lowest BCUT2D eigenvalue weighted by molar-refractivity contribution is -0.137. The van der Waals surface area contributed by atoms with Gasteiger partial charge >= 0.3 is 0 Å². The highest BCUT2D eigenvalue weighted by molar-refractivity contribution is 5.79. The Labute approximate surface area is 111 Å². The smallest absolute Gasteiger partial charge is 0.225 e. The van der Waals surface area contributed by atoms with Crippen LogP contribution in [0.15, 0.2) is 0 Å². The van der Waals surface area contributed by atoms with Crippen LogP contribution >= 0.6 is 0 Å². The quantitative estimate of drug-likeness (QED) is 0.833. The van der Waals surface area contributed by atoms with Gasteiger partial charge in [0.15, 0.2) is 0 Å². The Hall–Kier alpha value is -0.570. The van der Waals surface area contributed by atoms with Crippen LogP contribution in [0.5, 0.6) is 0 Å². The summed E-state index contributed by atoms with van der Waals surface area (Å²) in [4.78, 5) is 14.8. The summed E-state index contributed by atoms with van der Waals surface area (Å²) in [6, 6.07) is 0.519. The summed E-state index contributed by atoms with van der Waals surface area (Å²) in [6.07, 6.45) is 6.97. The van der Waals surface area contributed by atoms with Crippen molar-refractivity contribution in [2.75, 3.05) is 19.6 Å². The van der Waals surface area contributed by atoms with Gasteiger partial charge in [-0.2, -0.15) is 0 Å². The van der Waals surface area contributed by atoms with E-state index < -0.39 is 0 Å². The number of carbonyl (C=O) groups is 1. The summed E-state index contributed by atoms with van der Waals surface area (Å²) < 4.78 is 0. The maximum atomic E-state index is 12.6. The third-order valence-corrected chi connectivity index (χ3v) is 4.80. The first kappa shape index (κ1) is 13.9. The average molecular weight is 252 g/mol. The number of likely N-dealkylation sites (tertiary alicyclic amines) is 1. The fraction of sp³-hybridized carbons (Fsp3) is 0.933. The molecule has 0 aromatic heterocycles. The van der Waals surface area contributed by atoms with Crippen molar-refractivity contribution in [2.24, 2.45) is 11.8 Å². The maximum Gasteiger partial charge on any atom is 0.225 e. The Kier molecular flexibility index (Phi) is 5.04. The van der Waals surface area contributed by atoms with Crippen LogP contribution < -0.4 is 5.32 Å². The van der Waals surface area contributed by atoms with Gasteiger partial charge in [0, 0.05) is 18.5 Å². The number of hydrogen-bond acceptors (Lipinski definition) is 2. The minimum Gasteiger partial charge on any atom is -0.339 e. The number of piperidine rings is 1. The van der Waals surface area contributed by atoms with Crippen LogP contribution in [0.25, 0.3) is 0 Å². The number of amides is 1. The molecule has 2 aliphatic rings. The topological polar surface area (TPSA) is 32.3 Å². The van der Waals surface area contributed by atoms with Crippen LogP contribution in [0.1, 0.15) is 52.4 Å². The van der Waals surface area contributed by atoms with Crippen LogP contribution in [0.2, 0.25) is 0 Å². The molecule has 0 radical (unpaired) electrons. The van der Waals surface area contributed by atoms with E-state index in [2.05, 4.69) is 24.1 Å². The number of rotatable bonds is 4. The number of nitrogens with one attached hydrogen (secondary N) is 1. The largest absolute Gasteiger partial charge is 0.339 e. The highest BCUT2D eigenvalue weighted by Crippen LogP contribution is 2.30. The lowest BCUT2D eigenvalue weighted by atomic mass is 9.89. The molecular formula is C15H28N2O. The average Bonchev–Trinajstić information content (AvgIpc) is 2.90. The fourth-order valence-electron chi connectivity index (χ4n) is 3.64. The summed E-state index contributed by atoms with van der Waals surface area (Å²) in [7, 11) is 0. The van der Waals surface area contributed by atoms with E-state index >= 15 is 0 Å². The molecule has 0 aromatic carbocycles. The van der Waals surface area contributed by atoms with Gasteiger partial charge in [0.2, 0.25) is 5.91 Å². The van der Waals surface area contributed by atoms with Crippen LogP contribution in [-0.2, 0) is 4.79 Å². The molecule has 18 heavy (non-hydrogen) atoms. The summed E-state index contributed by atoms with van der Waals surface area (Å²) in [6.45, 7) is 7.54. The molecule has 3 heteroatoms. The zero-order chi connectivity index (χ0) is 13.0. The van der Waals surface area contributed by atoms with Gasteiger partial charge < -0.3 is 10.2 Å². The van der Waals surface area contributed by atoms with E-state index in [4.69, 9.17) is 0 Å². The van der Waals surface area contributed by atoms with Crippen molar-refractivity contribution >= 4 is 5.91 Å². The molecule has 1 N–H and O–H groups in total. The van der Waals surface area contributed by atoms with Gasteiger partial charge in [-0.25, -0.2) is 0 Å². The zero-order valence-corrected chi connectivity index (χ0v) is 12.0. The molecule has 1 amide bonds. The van der Waals surface area contributed by atoms with E-state index in [0.717, 1.165) is 32.5 Å². The molecule has 2 heterocycles. The summed E-state index contributed by atoms with van der Waals surface area (Å²) >= 11 is 0. The Morgan fingerprint density at radius 1 is 1.28 bits per heavy atom. The summed E-state index contributed by atoms with van der Waals surface area (Å²) in [5.41, 5.74) is 0. The first-order valence-electron chi connectivity index (χ1n) is 7.79. The molecule has 2 fully saturated rings. The monoisotopic (exact) mass is 252 g/mol. The molecule has 3 nitrogen and oxygen atoms in total. The Balaban J connectivity index is 1.99. The molecule has 2 unspecified atom stereocenters. The van der Waals surface area contributed by atoms with E-state index in [1.807, 2.05) is 0 Å². The second-order valence-electron chi connectivity index (χ2n) is 5.86. The van der Waals surface area contributed by atoms with Crippen molar-refractivity contribution in [1.82, 2.24) is 10.2 Å². The molecular weight excluding hydrogens is 224 g/mol. The van der Waals surface area contributed by atoms with Crippen LogP contribution in [0.3, 0.4) is 0 Å². The number of nitrogens with zero attached hydrogens (tertiary/aromatic N) is 1. The van der Waals surface area contributed by atoms with Crippen molar-refractivity contribution in [3.05, 3.63) is 0 Å². The second kappa shape index (κ2) is 6.55. The van der Waals surface area contributed by atoms with E-state index in [9.17, 15) is 4.79 Å². The molecule has 2 saturated heterocycles. The second-order valence-corrected chi connectivity index (χ2v) is 5.86.